The molecule has 118 valence electrons. The Kier molecular flexibility index (Phi) is 4.64. The number of aromatic nitrogens is 3. The first-order valence-electron chi connectivity index (χ1n) is 6.27. The number of rotatable bonds is 3. The molecule has 0 aliphatic carbocycles. The molecule has 0 aliphatic rings. The summed E-state index contributed by atoms with van der Waals surface area (Å²) in [5.74, 6) is -0.771. The molecule has 0 unspecified atom stereocenters. The van der Waals surface area contributed by atoms with Crippen molar-refractivity contribution in [2.75, 3.05) is 0 Å². The van der Waals surface area contributed by atoms with Gasteiger partial charge in [0.2, 0.25) is 0 Å². The van der Waals surface area contributed by atoms with Crippen molar-refractivity contribution in [3.8, 4) is 0 Å². The van der Waals surface area contributed by atoms with Gasteiger partial charge in [-0.25, -0.2) is 14.8 Å². The molecule has 0 saturated heterocycles. The number of pyridine rings is 2. The topological polar surface area (TPSA) is 56.5 Å². The highest BCUT2D eigenvalue weighted by atomic mass is 35.5. The number of ether oxygens (including phenoxy) is 1. The van der Waals surface area contributed by atoms with E-state index in [2.05, 4.69) is 9.97 Å². The Hall–Kier alpha value is -1.53. The van der Waals surface area contributed by atoms with E-state index in [4.69, 9.17) is 51.1 Å². The zero-order valence-corrected chi connectivity index (χ0v) is 14.3. The highest BCUT2D eigenvalue weighted by molar-refractivity contribution is 6.52. The molecule has 3 rings (SSSR count). The van der Waals surface area contributed by atoms with Gasteiger partial charge in [0.15, 0.2) is 5.69 Å². The number of carbonyl (C=O) groups excluding carboxylic acids is 1. The first kappa shape index (κ1) is 16.3. The molecule has 0 fully saturated rings. The largest absolute Gasteiger partial charge is 0.454 e. The minimum Gasteiger partial charge on any atom is -0.454 e. The summed E-state index contributed by atoms with van der Waals surface area (Å²) in [4.78, 5) is 20.2. The molecule has 3 heterocycles. The lowest BCUT2D eigenvalue weighted by Crippen LogP contribution is -2.09. The molecule has 0 aromatic carbocycles. The molecule has 5 nitrogen and oxygen atoms in total. The number of hydrogen-bond acceptors (Lipinski definition) is 4. The lowest BCUT2D eigenvalue weighted by molar-refractivity contribution is 0.0461. The van der Waals surface area contributed by atoms with Crippen molar-refractivity contribution in [2.45, 2.75) is 6.61 Å². The minimum absolute atomic E-state index is 0.0183. The summed E-state index contributed by atoms with van der Waals surface area (Å²) in [5.41, 5.74) is 1.12. The predicted octanol–water partition coefficient (Wildman–Crippen LogP) is 4.70. The Labute approximate surface area is 150 Å². The fraction of sp³-hybridized carbons (Fsp3) is 0.0714. The van der Waals surface area contributed by atoms with E-state index in [1.54, 1.807) is 6.20 Å². The maximum absolute atomic E-state index is 12.1. The Morgan fingerprint density at radius 3 is 2.61 bits per heavy atom. The van der Waals surface area contributed by atoms with Gasteiger partial charge in [0, 0.05) is 12.4 Å². The van der Waals surface area contributed by atoms with Gasteiger partial charge in [-0.3, -0.25) is 0 Å². The van der Waals surface area contributed by atoms with Crippen LogP contribution in [0.3, 0.4) is 0 Å². The van der Waals surface area contributed by atoms with Crippen LogP contribution in [0.5, 0.6) is 0 Å². The van der Waals surface area contributed by atoms with E-state index in [0.717, 1.165) is 5.65 Å². The molecule has 0 radical (unpaired) electrons. The van der Waals surface area contributed by atoms with Crippen molar-refractivity contribution in [3.63, 3.8) is 0 Å². The van der Waals surface area contributed by atoms with Crippen LogP contribution in [0.4, 0.5) is 0 Å². The molecule has 0 amide bonds. The quantitative estimate of drug-likeness (QED) is 0.480. The molecular formula is C14H7Cl4N3O2. The standard InChI is InChI=1S/C14H7Cl4N3O2/c15-9-10(16)12(20-13(18)11(9)17)14(22)23-6-7-5-21-4-2-1-3-8(21)19-7/h1-5H,6H2. The molecule has 0 N–H and O–H groups in total. The Morgan fingerprint density at radius 2 is 1.87 bits per heavy atom. The average Bonchev–Trinajstić information content (AvgIpc) is 2.97. The summed E-state index contributed by atoms with van der Waals surface area (Å²) in [6, 6.07) is 5.56. The van der Waals surface area contributed by atoms with Crippen LogP contribution < -0.4 is 0 Å². The SMILES string of the molecule is O=C(OCc1cn2ccccc2n1)c1nc(Cl)c(Cl)c(Cl)c1Cl. The van der Waals surface area contributed by atoms with Crippen molar-refractivity contribution in [1.29, 1.82) is 0 Å². The molecule has 23 heavy (non-hydrogen) atoms. The maximum atomic E-state index is 12.1. The van der Waals surface area contributed by atoms with E-state index in [1.165, 1.54) is 0 Å². The van der Waals surface area contributed by atoms with Crippen molar-refractivity contribution in [2.24, 2.45) is 0 Å². The number of nitrogens with zero attached hydrogens (tertiary/aromatic N) is 3. The van der Waals surface area contributed by atoms with E-state index in [9.17, 15) is 4.79 Å². The van der Waals surface area contributed by atoms with Crippen LogP contribution in [0.1, 0.15) is 16.2 Å². The summed E-state index contributed by atoms with van der Waals surface area (Å²) in [6.45, 7) is -0.0453. The van der Waals surface area contributed by atoms with Crippen LogP contribution >= 0.6 is 46.4 Å². The van der Waals surface area contributed by atoms with Crippen LogP contribution in [0.2, 0.25) is 20.2 Å². The second kappa shape index (κ2) is 6.53. The number of hydrogen-bond donors (Lipinski definition) is 0. The summed E-state index contributed by atoms with van der Waals surface area (Å²) in [7, 11) is 0. The zero-order chi connectivity index (χ0) is 16.6. The van der Waals surface area contributed by atoms with E-state index in [1.807, 2.05) is 28.8 Å². The van der Waals surface area contributed by atoms with Gasteiger partial charge in [0.25, 0.3) is 0 Å². The van der Waals surface area contributed by atoms with Gasteiger partial charge in [-0.15, -0.1) is 0 Å². The Balaban J connectivity index is 1.79. The van der Waals surface area contributed by atoms with Crippen LogP contribution in [-0.4, -0.2) is 20.3 Å². The Bertz CT molecular complexity index is 877. The minimum atomic E-state index is -0.771. The number of imidazole rings is 1. The maximum Gasteiger partial charge on any atom is 0.359 e. The van der Waals surface area contributed by atoms with Crippen LogP contribution in [0.25, 0.3) is 5.65 Å². The van der Waals surface area contributed by atoms with Crippen LogP contribution in [0.15, 0.2) is 30.6 Å². The highest BCUT2D eigenvalue weighted by Gasteiger charge is 2.21. The van der Waals surface area contributed by atoms with Gasteiger partial charge in [0.05, 0.1) is 20.8 Å². The molecule has 9 heteroatoms. The van der Waals surface area contributed by atoms with Gasteiger partial charge >= 0.3 is 5.97 Å². The first-order chi connectivity index (χ1) is 11.0. The second-order valence-electron chi connectivity index (χ2n) is 4.47. The van der Waals surface area contributed by atoms with Gasteiger partial charge in [0.1, 0.15) is 17.4 Å². The lowest BCUT2D eigenvalue weighted by atomic mass is 10.3. The monoisotopic (exact) mass is 389 g/mol. The van der Waals surface area contributed by atoms with Gasteiger partial charge in [-0.05, 0) is 12.1 Å². The van der Waals surface area contributed by atoms with E-state index in [-0.39, 0.29) is 32.5 Å². The molecule has 3 aromatic heterocycles. The lowest BCUT2D eigenvalue weighted by Gasteiger charge is -2.07. The molecule has 0 aliphatic heterocycles. The molecular weight excluding hydrogens is 384 g/mol. The van der Waals surface area contributed by atoms with Gasteiger partial charge < -0.3 is 9.14 Å². The molecule has 0 atom stereocenters. The first-order valence-corrected chi connectivity index (χ1v) is 7.78. The third-order valence-corrected chi connectivity index (χ3v) is 4.62. The van der Waals surface area contributed by atoms with E-state index in [0.29, 0.717) is 5.69 Å². The summed E-state index contributed by atoms with van der Waals surface area (Å²) in [5, 5.41) is -0.301. The fourth-order valence-electron chi connectivity index (χ4n) is 1.89. The van der Waals surface area contributed by atoms with Crippen molar-refractivity contribution in [3.05, 3.63) is 62.2 Å². The normalized spacial score (nSPS) is 11.0. The van der Waals surface area contributed by atoms with Crippen molar-refractivity contribution < 1.29 is 9.53 Å². The number of esters is 1. The third-order valence-electron chi connectivity index (χ3n) is 2.94. The van der Waals surface area contributed by atoms with E-state index >= 15 is 0 Å². The molecule has 0 bridgehead atoms. The van der Waals surface area contributed by atoms with Crippen molar-refractivity contribution >= 4 is 58.0 Å². The highest BCUT2D eigenvalue weighted by Crippen LogP contribution is 2.36. The molecule has 3 aromatic rings. The third kappa shape index (κ3) is 3.23. The Morgan fingerprint density at radius 1 is 1.09 bits per heavy atom. The van der Waals surface area contributed by atoms with Gasteiger partial charge in [-0.2, -0.15) is 0 Å². The van der Waals surface area contributed by atoms with Crippen LogP contribution in [0, 0.1) is 0 Å². The fourth-order valence-corrected chi connectivity index (χ4v) is 2.69. The second-order valence-corrected chi connectivity index (χ2v) is 5.96. The summed E-state index contributed by atoms with van der Waals surface area (Å²) < 4.78 is 6.96. The average molecular weight is 391 g/mol. The summed E-state index contributed by atoms with van der Waals surface area (Å²) >= 11 is 23.4. The zero-order valence-electron chi connectivity index (χ0n) is 11.3. The van der Waals surface area contributed by atoms with E-state index < -0.39 is 5.97 Å². The number of carbonyl (C=O) groups is 1. The predicted molar refractivity (Wildman–Crippen MR) is 88.6 cm³/mol. The number of fused-ring (bicyclic) bond motifs is 1. The van der Waals surface area contributed by atoms with Crippen LogP contribution in [-0.2, 0) is 11.3 Å². The number of halogens is 4. The molecule has 0 spiro atoms. The smallest absolute Gasteiger partial charge is 0.359 e. The van der Waals surface area contributed by atoms with Crippen molar-refractivity contribution in [1.82, 2.24) is 14.4 Å². The summed E-state index contributed by atoms with van der Waals surface area (Å²) in [6.07, 6.45) is 3.59. The van der Waals surface area contributed by atoms with Gasteiger partial charge in [-0.1, -0.05) is 52.5 Å². The molecule has 0 saturated carbocycles.